The van der Waals surface area contributed by atoms with Crippen molar-refractivity contribution in [3.05, 3.63) is 0 Å². The van der Waals surface area contributed by atoms with Gasteiger partial charge in [0.25, 0.3) is 0 Å². The third-order valence-electron chi connectivity index (χ3n) is 2.66. The molecule has 2 fully saturated rings. The summed E-state index contributed by atoms with van der Waals surface area (Å²) in [6.45, 7) is 2.86. The lowest BCUT2D eigenvalue weighted by Gasteiger charge is -2.37. The number of likely N-dealkylation sites (N-methyl/N-ethyl adjacent to an activating group) is 1. The molecule has 2 saturated heterocycles. The van der Waals surface area contributed by atoms with Crippen LogP contribution in [0, 0.1) is 0 Å². The summed E-state index contributed by atoms with van der Waals surface area (Å²) in [5.41, 5.74) is -0.0807. The molecule has 0 saturated carbocycles. The Morgan fingerprint density at radius 1 is 1.67 bits per heavy atom. The zero-order valence-electron chi connectivity index (χ0n) is 7.30. The molecule has 4 heteroatoms. The number of nitrogens with one attached hydrogen (secondary N) is 1. The number of nitrogens with zero attached hydrogens (tertiary/aromatic N) is 1. The Bertz CT molecular complexity index is 199. The molecule has 0 radical (unpaired) electrons. The lowest BCUT2D eigenvalue weighted by atomic mass is 10.0. The number of hydrogen-bond donors (Lipinski definition) is 1. The first-order chi connectivity index (χ1) is 5.72. The van der Waals surface area contributed by atoms with Crippen molar-refractivity contribution in [3.8, 4) is 0 Å². The molecule has 0 aliphatic carbocycles. The number of carbonyl (C=O) groups is 1. The number of hydrogen-bond acceptors (Lipinski definition) is 3. The third-order valence-corrected chi connectivity index (χ3v) is 2.66. The molecule has 1 atom stereocenters. The molecule has 2 rings (SSSR count). The second kappa shape index (κ2) is 2.71. The van der Waals surface area contributed by atoms with Crippen molar-refractivity contribution in [1.82, 2.24) is 10.2 Å². The quantitative estimate of drug-likeness (QED) is 0.518. The molecule has 1 N–H and O–H groups in total. The summed E-state index contributed by atoms with van der Waals surface area (Å²) in [5, 5.41) is 3.26. The van der Waals surface area contributed by atoms with Crippen molar-refractivity contribution in [2.24, 2.45) is 0 Å². The molecular weight excluding hydrogens is 156 g/mol. The molecule has 0 aromatic carbocycles. The van der Waals surface area contributed by atoms with Crippen LogP contribution in [0.2, 0.25) is 0 Å². The van der Waals surface area contributed by atoms with Gasteiger partial charge in [0.05, 0.1) is 12.1 Å². The van der Waals surface area contributed by atoms with E-state index in [2.05, 4.69) is 5.32 Å². The Morgan fingerprint density at radius 2 is 2.50 bits per heavy atom. The second-order valence-electron chi connectivity index (χ2n) is 3.65. The smallest absolute Gasteiger partial charge is 0.248 e. The van der Waals surface area contributed by atoms with Crippen LogP contribution >= 0.6 is 0 Å². The van der Waals surface area contributed by atoms with Crippen LogP contribution in [0.1, 0.15) is 6.42 Å². The SMILES string of the molecule is CN1C[C@]2(CCNC2)OCC1=O. The van der Waals surface area contributed by atoms with Crippen molar-refractivity contribution in [3.63, 3.8) is 0 Å². The van der Waals surface area contributed by atoms with E-state index in [0.29, 0.717) is 0 Å². The van der Waals surface area contributed by atoms with Crippen molar-refractivity contribution in [2.45, 2.75) is 12.0 Å². The molecule has 2 aliphatic heterocycles. The van der Waals surface area contributed by atoms with Crippen LogP contribution in [-0.4, -0.2) is 49.7 Å². The second-order valence-corrected chi connectivity index (χ2v) is 3.65. The fraction of sp³-hybridized carbons (Fsp3) is 0.875. The van der Waals surface area contributed by atoms with E-state index in [1.807, 2.05) is 7.05 Å². The minimum absolute atomic E-state index is 0.0807. The predicted octanol–water partition coefficient (Wildman–Crippen LogP) is -0.793. The van der Waals surface area contributed by atoms with Gasteiger partial charge in [0.1, 0.15) is 6.61 Å². The summed E-state index contributed by atoms with van der Waals surface area (Å²) < 4.78 is 5.56. The Hall–Kier alpha value is -0.610. The van der Waals surface area contributed by atoms with E-state index in [0.717, 1.165) is 26.1 Å². The average molecular weight is 170 g/mol. The summed E-state index contributed by atoms with van der Waals surface area (Å²) in [6.07, 6.45) is 1.02. The van der Waals surface area contributed by atoms with Gasteiger partial charge in [-0.3, -0.25) is 4.79 Å². The number of carbonyl (C=O) groups excluding carboxylic acids is 1. The van der Waals surface area contributed by atoms with Gasteiger partial charge in [-0.1, -0.05) is 0 Å². The predicted molar refractivity (Wildman–Crippen MR) is 43.8 cm³/mol. The van der Waals surface area contributed by atoms with E-state index < -0.39 is 0 Å². The lowest BCUT2D eigenvalue weighted by Crippen LogP contribution is -2.54. The lowest BCUT2D eigenvalue weighted by molar-refractivity contribution is -0.158. The van der Waals surface area contributed by atoms with Gasteiger partial charge in [-0.25, -0.2) is 0 Å². The van der Waals surface area contributed by atoms with Gasteiger partial charge in [0, 0.05) is 13.6 Å². The monoisotopic (exact) mass is 170 g/mol. The summed E-state index contributed by atoms with van der Waals surface area (Å²) in [6, 6.07) is 0. The van der Waals surface area contributed by atoms with Crippen LogP contribution < -0.4 is 5.32 Å². The van der Waals surface area contributed by atoms with Crippen LogP contribution in [0.15, 0.2) is 0 Å². The zero-order valence-corrected chi connectivity index (χ0v) is 7.30. The molecular formula is C8H14N2O2. The molecule has 12 heavy (non-hydrogen) atoms. The van der Waals surface area contributed by atoms with Gasteiger partial charge in [0.15, 0.2) is 0 Å². The largest absolute Gasteiger partial charge is 0.362 e. The van der Waals surface area contributed by atoms with E-state index in [-0.39, 0.29) is 18.1 Å². The highest BCUT2D eigenvalue weighted by Crippen LogP contribution is 2.23. The van der Waals surface area contributed by atoms with Gasteiger partial charge in [0.2, 0.25) is 5.91 Å². The molecule has 0 bridgehead atoms. The van der Waals surface area contributed by atoms with E-state index in [9.17, 15) is 4.79 Å². The molecule has 1 spiro atoms. The molecule has 4 nitrogen and oxygen atoms in total. The number of amides is 1. The summed E-state index contributed by atoms with van der Waals surface area (Å²) in [4.78, 5) is 12.9. The van der Waals surface area contributed by atoms with Crippen molar-refractivity contribution < 1.29 is 9.53 Å². The fourth-order valence-electron chi connectivity index (χ4n) is 1.87. The molecule has 1 amide bonds. The van der Waals surface area contributed by atoms with Crippen molar-refractivity contribution in [1.29, 1.82) is 0 Å². The highest BCUT2D eigenvalue weighted by molar-refractivity contribution is 5.78. The number of rotatable bonds is 0. The maximum absolute atomic E-state index is 11.1. The van der Waals surface area contributed by atoms with Gasteiger partial charge in [-0.15, -0.1) is 0 Å². The number of ether oxygens (including phenoxy) is 1. The third kappa shape index (κ3) is 1.21. The Kier molecular flexibility index (Phi) is 1.81. The molecule has 2 aliphatic rings. The minimum Gasteiger partial charge on any atom is -0.362 e. The van der Waals surface area contributed by atoms with Crippen molar-refractivity contribution >= 4 is 5.91 Å². The summed E-state index contributed by atoms with van der Waals surface area (Å²) in [5.74, 6) is 0.0903. The Morgan fingerprint density at radius 3 is 3.08 bits per heavy atom. The highest BCUT2D eigenvalue weighted by Gasteiger charge is 2.40. The average Bonchev–Trinajstić information content (AvgIpc) is 2.47. The summed E-state index contributed by atoms with van der Waals surface area (Å²) >= 11 is 0. The maximum Gasteiger partial charge on any atom is 0.248 e. The van der Waals surface area contributed by atoms with Crippen LogP contribution in [0.4, 0.5) is 0 Å². The first-order valence-corrected chi connectivity index (χ1v) is 4.31. The highest BCUT2D eigenvalue weighted by atomic mass is 16.5. The van der Waals surface area contributed by atoms with Gasteiger partial charge in [-0.2, -0.15) is 0 Å². The topological polar surface area (TPSA) is 41.6 Å². The Labute approximate surface area is 71.9 Å². The normalized spacial score (nSPS) is 36.4. The van der Waals surface area contributed by atoms with Crippen LogP contribution in [-0.2, 0) is 9.53 Å². The molecule has 0 aromatic rings. The summed E-state index contributed by atoms with van der Waals surface area (Å²) in [7, 11) is 1.84. The van der Waals surface area contributed by atoms with Gasteiger partial charge in [-0.05, 0) is 13.0 Å². The molecule has 0 aromatic heterocycles. The first-order valence-electron chi connectivity index (χ1n) is 4.31. The van der Waals surface area contributed by atoms with Crippen LogP contribution in [0.3, 0.4) is 0 Å². The minimum atomic E-state index is -0.0807. The molecule has 68 valence electrons. The maximum atomic E-state index is 11.1. The van der Waals surface area contributed by atoms with E-state index in [1.165, 1.54) is 0 Å². The van der Waals surface area contributed by atoms with E-state index >= 15 is 0 Å². The van der Waals surface area contributed by atoms with Crippen LogP contribution in [0.5, 0.6) is 0 Å². The first kappa shape index (κ1) is 8.01. The van der Waals surface area contributed by atoms with E-state index in [1.54, 1.807) is 4.90 Å². The fourth-order valence-corrected chi connectivity index (χ4v) is 1.87. The van der Waals surface area contributed by atoms with Gasteiger partial charge >= 0.3 is 0 Å². The van der Waals surface area contributed by atoms with Crippen LogP contribution in [0.25, 0.3) is 0 Å². The standard InChI is InChI=1S/C8H14N2O2/c1-10-6-8(2-3-9-5-8)12-4-7(10)11/h9H,2-6H2,1H3/t8-/m1/s1. The molecule has 2 heterocycles. The zero-order chi connectivity index (χ0) is 8.60. The molecule has 0 unspecified atom stereocenters. The van der Waals surface area contributed by atoms with Crippen molar-refractivity contribution in [2.75, 3.05) is 33.3 Å². The Balaban J connectivity index is 2.05. The van der Waals surface area contributed by atoms with Gasteiger partial charge < -0.3 is 15.0 Å². The number of morpholine rings is 1. The van der Waals surface area contributed by atoms with E-state index in [4.69, 9.17) is 4.74 Å².